The summed E-state index contributed by atoms with van der Waals surface area (Å²) in [4.78, 5) is 30.7. The number of hydrogen-bond acceptors (Lipinski definition) is 4. The number of halogens is 1. The fourth-order valence-corrected chi connectivity index (χ4v) is 5.33. The zero-order chi connectivity index (χ0) is 26.7. The van der Waals surface area contributed by atoms with Gasteiger partial charge in [-0.1, -0.05) is 42.6 Å². The number of amides is 2. The molecule has 4 rings (SSSR count). The van der Waals surface area contributed by atoms with Gasteiger partial charge in [0.25, 0.3) is 21.8 Å². The van der Waals surface area contributed by atoms with Crippen molar-refractivity contribution in [2.24, 2.45) is 4.40 Å². The van der Waals surface area contributed by atoms with Crippen LogP contribution in [-0.4, -0.2) is 68.4 Å². The number of aromatic nitrogens is 1. The van der Waals surface area contributed by atoms with E-state index in [0.717, 1.165) is 42.8 Å². The van der Waals surface area contributed by atoms with Crippen molar-refractivity contribution in [3.63, 3.8) is 0 Å². The Morgan fingerprint density at radius 2 is 1.49 bits per heavy atom. The van der Waals surface area contributed by atoms with Gasteiger partial charge in [0, 0.05) is 60.0 Å². The zero-order valence-corrected chi connectivity index (χ0v) is 22.5. The predicted molar refractivity (Wildman–Crippen MR) is 146 cm³/mol. The number of nitrogens with one attached hydrogen (secondary N) is 3. The lowest BCUT2D eigenvalue weighted by Gasteiger charge is -2.33. The van der Waals surface area contributed by atoms with Gasteiger partial charge in [0.05, 0.1) is 11.3 Å². The maximum Gasteiger partial charge on any atom is 0.252 e. The van der Waals surface area contributed by atoms with Crippen LogP contribution in [-0.2, 0) is 10.0 Å². The highest BCUT2D eigenvalue weighted by atomic mass is 35.5. The SMILES string of the molecule is CN(C)/C(=N\S(C)(=O)=O)c1ccc(C(=O)N[C@H]2CCCC[C@H]2NC(=O)c2ccc3c(Cl)c[nH]c3c2)cc1. The van der Waals surface area contributed by atoms with E-state index in [2.05, 4.69) is 20.0 Å². The van der Waals surface area contributed by atoms with Crippen LogP contribution < -0.4 is 10.6 Å². The molecule has 2 amide bonds. The summed E-state index contributed by atoms with van der Waals surface area (Å²) in [6.07, 6.45) is 6.16. The number of fused-ring (bicyclic) bond motifs is 1. The minimum Gasteiger partial charge on any atom is -0.362 e. The Kier molecular flexibility index (Phi) is 7.89. The smallest absolute Gasteiger partial charge is 0.252 e. The lowest BCUT2D eigenvalue weighted by molar-refractivity contribution is 0.0863. The molecule has 1 aliphatic carbocycles. The maximum absolute atomic E-state index is 13.0. The topological polar surface area (TPSA) is 124 Å². The Bertz CT molecular complexity index is 1450. The first-order valence-electron chi connectivity index (χ1n) is 12.0. The fourth-order valence-electron chi connectivity index (χ4n) is 4.53. The lowest BCUT2D eigenvalue weighted by atomic mass is 9.89. The molecule has 2 atom stereocenters. The van der Waals surface area contributed by atoms with Crippen LogP contribution in [0.1, 0.15) is 52.0 Å². The van der Waals surface area contributed by atoms with Crippen molar-refractivity contribution >= 4 is 50.2 Å². The fraction of sp³-hybridized carbons (Fsp3) is 0.346. The molecule has 3 N–H and O–H groups in total. The normalized spacial score (nSPS) is 18.4. The quantitative estimate of drug-likeness (QED) is 0.324. The lowest BCUT2D eigenvalue weighted by Crippen LogP contribution is -2.53. The van der Waals surface area contributed by atoms with E-state index < -0.39 is 10.0 Å². The van der Waals surface area contributed by atoms with Gasteiger partial charge in [-0.3, -0.25) is 9.59 Å². The van der Waals surface area contributed by atoms with Gasteiger partial charge in [0.2, 0.25) is 0 Å². The molecule has 196 valence electrons. The molecule has 0 radical (unpaired) electrons. The molecule has 1 aliphatic rings. The first-order chi connectivity index (χ1) is 17.5. The Labute approximate surface area is 221 Å². The van der Waals surface area contributed by atoms with Crippen molar-refractivity contribution in [1.82, 2.24) is 20.5 Å². The highest BCUT2D eigenvalue weighted by Gasteiger charge is 2.28. The molecule has 0 spiro atoms. The molecule has 1 fully saturated rings. The Morgan fingerprint density at radius 3 is 2.05 bits per heavy atom. The summed E-state index contributed by atoms with van der Waals surface area (Å²) >= 11 is 6.14. The number of carbonyl (C=O) groups is 2. The van der Waals surface area contributed by atoms with Gasteiger partial charge in [0.1, 0.15) is 5.84 Å². The van der Waals surface area contributed by atoms with E-state index >= 15 is 0 Å². The number of amidine groups is 1. The standard InChI is InChI=1S/C26H30ClN5O4S/c1-32(2)24(31-37(3,35)36)16-8-10-17(11-9-16)25(33)29-21-6-4-5-7-22(21)30-26(34)18-12-13-19-20(27)15-28-23(19)14-18/h8-15,21-22,28H,4-7H2,1-3H3,(H,29,33)(H,30,34)/b31-24-/t21-,22+/m0/s1. The van der Waals surface area contributed by atoms with E-state index in [1.165, 1.54) is 0 Å². The number of rotatable bonds is 6. The minimum atomic E-state index is -3.58. The summed E-state index contributed by atoms with van der Waals surface area (Å²) in [6, 6.07) is 11.5. The van der Waals surface area contributed by atoms with Crippen molar-refractivity contribution in [2.45, 2.75) is 37.8 Å². The van der Waals surface area contributed by atoms with Crippen LogP contribution in [0, 0.1) is 0 Å². The van der Waals surface area contributed by atoms with Gasteiger partial charge in [0.15, 0.2) is 0 Å². The maximum atomic E-state index is 13.0. The van der Waals surface area contributed by atoms with Gasteiger partial charge < -0.3 is 20.5 Å². The average Bonchev–Trinajstić information content (AvgIpc) is 3.23. The Hall–Kier alpha value is -3.37. The third kappa shape index (κ3) is 6.50. The highest BCUT2D eigenvalue weighted by molar-refractivity contribution is 7.89. The van der Waals surface area contributed by atoms with Crippen LogP contribution in [0.5, 0.6) is 0 Å². The second kappa shape index (κ2) is 10.9. The van der Waals surface area contributed by atoms with Crippen LogP contribution in [0.25, 0.3) is 10.9 Å². The minimum absolute atomic E-state index is 0.199. The molecule has 9 nitrogen and oxygen atoms in total. The summed E-state index contributed by atoms with van der Waals surface area (Å²) in [5.74, 6) is -0.180. The zero-order valence-electron chi connectivity index (χ0n) is 20.9. The van der Waals surface area contributed by atoms with Gasteiger partial charge in [-0.2, -0.15) is 0 Å². The second-order valence-electron chi connectivity index (χ2n) is 9.46. The summed E-state index contributed by atoms with van der Waals surface area (Å²) in [7, 11) is -0.180. The first-order valence-corrected chi connectivity index (χ1v) is 14.2. The molecule has 11 heteroatoms. The number of aromatic amines is 1. The van der Waals surface area contributed by atoms with Crippen molar-refractivity contribution in [1.29, 1.82) is 0 Å². The van der Waals surface area contributed by atoms with E-state index in [-0.39, 0.29) is 29.7 Å². The van der Waals surface area contributed by atoms with Gasteiger partial charge in [-0.05, 0) is 37.1 Å². The van der Waals surface area contributed by atoms with Gasteiger partial charge in [-0.15, -0.1) is 4.40 Å². The van der Waals surface area contributed by atoms with E-state index in [9.17, 15) is 18.0 Å². The predicted octanol–water partition coefficient (Wildman–Crippen LogP) is 3.56. The highest BCUT2D eigenvalue weighted by Crippen LogP contribution is 2.24. The number of hydrogen-bond donors (Lipinski definition) is 3. The number of nitrogens with zero attached hydrogens (tertiary/aromatic N) is 2. The molecule has 37 heavy (non-hydrogen) atoms. The molecule has 2 aromatic carbocycles. The van der Waals surface area contributed by atoms with Crippen LogP contribution in [0.3, 0.4) is 0 Å². The molecule has 0 aliphatic heterocycles. The molecule has 0 saturated heterocycles. The third-order valence-electron chi connectivity index (χ3n) is 6.37. The molecule has 1 aromatic heterocycles. The van der Waals surface area contributed by atoms with E-state index in [1.807, 2.05) is 6.07 Å². The van der Waals surface area contributed by atoms with E-state index in [0.29, 0.717) is 21.7 Å². The molecule has 1 heterocycles. The number of H-pyrrole nitrogens is 1. The third-order valence-corrected chi connectivity index (χ3v) is 7.19. The van der Waals surface area contributed by atoms with Crippen molar-refractivity contribution < 1.29 is 18.0 Å². The molecule has 0 bridgehead atoms. The molecular formula is C26H30ClN5O4S. The van der Waals surface area contributed by atoms with Crippen LogP contribution in [0.4, 0.5) is 0 Å². The van der Waals surface area contributed by atoms with Crippen LogP contribution in [0.2, 0.25) is 5.02 Å². The second-order valence-corrected chi connectivity index (χ2v) is 11.5. The van der Waals surface area contributed by atoms with E-state index in [4.69, 9.17) is 11.6 Å². The average molecular weight is 544 g/mol. The monoisotopic (exact) mass is 543 g/mol. The van der Waals surface area contributed by atoms with Crippen molar-refractivity contribution in [3.8, 4) is 0 Å². The summed E-state index contributed by atoms with van der Waals surface area (Å²) in [6.45, 7) is 0. The summed E-state index contributed by atoms with van der Waals surface area (Å²) < 4.78 is 27.1. The molecule has 1 saturated carbocycles. The summed E-state index contributed by atoms with van der Waals surface area (Å²) in [5, 5.41) is 7.62. The van der Waals surface area contributed by atoms with Crippen molar-refractivity contribution in [2.75, 3.05) is 20.4 Å². The Balaban J connectivity index is 1.45. The van der Waals surface area contributed by atoms with Crippen molar-refractivity contribution in [3.05, 3.63) is 70.4 Å². The number of sulfonamides is 1. The Morgan fingerprint density at radius 1 is 0.946 bits per heavy atom. The first kappa shape index (κ1) is 26.7. The van der Waals surface area contributed by atoms with E-state index in [1.54, 1.807) is 61.6 Å². The van der Waals surface area contributed by atoms with Crippen LogP contribution >= 0.6 is 11.6 Å². The number of carbonyl (C=O) groups excluding carboxylic acids is 2. The summed E-state index contributed by atoms with van der Waals surface area (Å²) in [5.41, 5.74) is 2.32. The molecule has 0 unspecified atom stereocenters. The van der Waals surface area contributed by atoms with Gasteiger partial charge in [-0.25, -0.2) is 8.42 Å². The molecule has 3 aromatic rings. The number of benzene rings is 2. The van der Waals surface area contributed by atoms with Gasteiger partial charge >= 0.3 is 0 Å². The largest absolute Gasteiger partial charge is 0.362 e. The molecular weight excluding hydrogens is 514 g/mol. The van der Waals surface area contributed by atoms with Crippen LogP contribution in [0.15, 0.2) is 53.1 Å².